The number of amides is 1. The van der Waals surface area contributed by atoms with E-state index in [4.69, 9.17) is 16.3 Å². The molecule has 0 N–H and O–H groups in total. The predicted molar refractivity (Wildman–Crippen MR) is 76.0 cm³/mol. The maximum Gasteiger partial charge on any atom is 0.433 e. The molecule has 13 heteroatoms. The molecule has 2 aromatic heterocycles. The number of ether oxygens (including phenoxy) is 1. The van der Waals surface area contributed by atoms with Crippen molar-refractivity contribution in [3.05, 3.63) is 34.6 Å². The van der Waals surface area contributed by atoms with Gasteiger partial charge in [-0.1, -0.05) is 11.6 Å². The molecule has 26 heavy (non-hydrogen) atoms. The van der Waals surface area contributed by atoms with E-state index >= 15 is 0 Å². The Morgan fingerprint density at radius 3 is 2.23 bits per heavy atom. The van der Waals surface area contributed by atoms with Gasteiger partial charge in [0, 0.05) is 26.4 Å². The van der Waals surface area contributed by atoms with Crippen LogP contribution in [0.5, 0.6) is 11.8 Å². The molecule has 0 spiro atoms. The van der Waals surface area contributed by atoms with Crippen molar-refractivity contribution in [3.63, 3.8) is 0 Å². The highest BCUT2D eigenvalue weighted by Crippen LogP contribution is 2.36. The van der Waals surface area contributed by atoms with E-state index in [9.17, 15) is 31.1 Å². The number of rotatable bonds is 2. The lowest BCUT2D eigenvalue weighted by atomic mass is 10.3. The molecule has 0 saturated heterocycles. The van der Waals surface area contributed by atoms with E-state index in [2.05, 4.69) is 10.1 Å². The highest BCUT2D eigenvalue weighted by atomic mass is 35.5. The number of nitrogens with zero attached hydrogens (tertiary/aromatic N) is 4. The van der Waals surface area contributed by atoms with Crippen molar-refractivity contribution in [2.24, 2.45) is 0 Å². The van der Waals surface area contributed by atoms with Gasteiger partial charge >= 0.3 is 18.4 Å². The summed E-state index contributed by atoms with van der Waals surface area (Å²) in [6, 6.07) is -0.216. The highest BCUT2D eigenvalue weighted by molar-refractivity contribution is 6.31. The van der Waals surface area contributed by atoms with Gasteiger partial charge in [-0.3, -0.25) is 0 Å². The van der Waals surface area contributed by atoms with Crippen LogP contribution in [0.1, 0.15) is 11.3 Å². The molecule has 6 nitrogen and oxygen atoms in total. The minimum atomic E-state index is -4.93. The van der Waals surface area contributed by atoms with Crippen LogP contribution in [0.25, 0.3) is 0 Å². The van der Waals surface area contributed by atoms with Gasteiger partial charge in [-0.05, 0) is 6.07 Å². The number of aromatic nitrogens is 3. The van der Waals surface area contributed by atoms with Crippen molar-refractivity contribution in [1.82, 2.24) is 19.7 Å². The second-order valence-electron chi connectivity index (χ2n) is 5.07. The largest absolute Gasteiger partial charge is 0.433 e. The first kappa shape index (κ1) is 19.8. The van der Waals surface area contributed by atoms with Crippen molar-refractivity contribution in [1.29, 1.82) is 0 Å². The molecule has 0 aliphatic heterocycles. The first-order valence-electron chi connectivity index (χ1n) is 6.60. The summed E-state index contributed by atoms with van der Waals surface area (Å²) in [5, 5.41) is 2.77. The van der Waals surface area contributed by atoms with E-state index in [1.807, 2.05) is 0 Å². The van der Waals surface area contributed by atoms with Crippen LogP contribution in [0.3, 0.4) is 0 Å². The summed E-state index contributed by atoms with van der Waals surface area (Å²) in [4.78, 5) is 16.0. The molecule has 0 radical (unpaired) electrons. The molecular weight excluding hydrogens is 394 g/mol. The average Bonchev–Trinajstić information content (AvgIpc) is 2.91. The summed E-state index contributed by atoms with van der Waals surface area (Å²) in [5.74, 6) is -1.32. The first-order chi connectivity index (χ1) is 11.8. The summed E-state index contributed by atoms with van der Waals surface area (Å²) in [6.07, 6.45) is -9.25. The summed E-state index contributed by atoms with van der Waals surface area (Å²) in [7, 11) is 2.41. The molecule has 0 unspecified atom stereocenters. The number of carbonyl (C=O) groups is 1. The monoisotopic (exact) mass is 402 g/mol. The van der Waals surface area contributed by atoms with Crippen LogP contribution < -0.4 is 4.74 Å². The minimum Gasteiger partial charge on any atom is -0.417 e. The van der Waals surface area contributed by atoms with Crippen LogP contribution in [-0.2, 0) is 12.4 Å². The SMILES string of the molecule is CN(C)C(=O)n1nc(Oc2ncc(C(F)(F)F)cc2Cl)cc1C(F)(F)F. The van der Waals surface area contributed by atoms with Crippen molar-refractivity contribution >= 4 is 17.6 Å². The van der Waals surface area contributed by atoms with Crippen LogP contribution in [0, 0.1) is 0 Å². The summed E-state index contributed by atoms with van der Waals surface area (Å²) < 4.78 is 81.7. The van der Waals surface area contributed by atoms with Crippen LogP contribution in [0.4, 0.5) is 31.1 Å². The van der Waals surface area contributed by atoms with E-state index in [1.54, 1.807) is 0 Å². The zero-order valence-electron chi connectivity index (χ0n) is 13.0. The van der Waals surface area contributed by atoms with Gasteiger partial charge in [0.2, 0.25) is 11.8 Å². The third-order valence-corrected chi connectivity index (χ3v) is 3.15. The lowest BCUT2D eigenvalue weighted by Gasteiger charge is -2.13. The topological polar surface area (TPSA) is 60.2 Å². The van der Waals surface area contributed by atoms with Crippen molar-refractivity contribution in [2.75, 3.05) is 14.1 Å². The van der Waals surface area contributed by atoms with Crippen molar-refractivity contribution < 1.29 is 35.9 Å². The molecule has 142 valence electrons. The van der Waals surface area contributed by atoms with E-state index < -0.39 is 46.4 Å². The van der Waals surface area contributed by atoms with E-state index in [1.165, 1.54) is 14.1 Å². The molecule has 2 aromatic rings. The Morgan fingerprint density at radius 1 is 1.15 bits per heavy atom. The van der Waals surface area contributed by atoms with Gasteiger partial charge < -0.3 is 9.64 Å². The van der Waals surface area contributed by atoms with Gasteiger partial charge in [0.05, 0.1) is 5.56 Å². The summed E-state index contributed by atoms with van der Waals surface area (Å²) in [5.41, 5.74) is -2.60. The quantitative estimate of drug-likeness (QED) is 0.703. The number of hydrogen-bond donors (Lipinski definition) is 0. The third kappa shape index (κ3) is 4.18. The zero-order chi connectivity index (χ0) is 19.9. The predicted octanol–water partition coefficient (Wildman–Crippen LogP) is 4.29. The maximum atomic E-state index is 13.0. The summed E-state index contributed by atoms with van der Waals surface area (Å²) >= 11 is 5.62. The van der Waals surface area contributed by atoms with Crippen LogP contribution in [0.15, 0.2) is 18.3 Å². The minimum absolute atomic E-state index is 0.0489. The van der Waals surface area contributed by atoms with E-state index in [-0.39, 0.29) is 4.68 Å². The number of halogens is 7. The fraction of sp³-hybridized carbons (Fsp3) is 0.308. The fourth-order valence-electron chi connectivity index (χ4n) is 1.70. The van der Waals surface area contributed by atoms with Crippen LogP contribution in [-0.4, -0.2) is 39.8 Å². The molecule has 2 rings (SSSR count). The first-order valence-corrected chi connectivity index (χ1v) is 6.98. The number of carbonyl (C=O) groups excluding carboxylic acids is 1. The Labute approximate surface area is 146 Å². The van der Waals surface area contributed by atoms with Crippen LogP contribution in [0.2, 0.25) is 5.02 Å². The Kier molecular flexibility index (Phi) is 5.08. The van der Waals surface area contributed by atoms with Gasteiger partial charge in [-0.15, -0.1) is 5.10 Å². The molecule has 0 aliphatic carbocycles. The van der Waals surface area contributed by atoms with Crippen LogP contribution >= 0.6 is 11.6 Å². The molecular formula is C13H9ClF6N4O2. The Hall–Kier alpha value is -2.50. The molecule has 0 aliphatic rings. The number of hydrogen-bond acceptors (Lipinski definition) is 4. The standard InChI is InChI=1S/C13H9ClF6N4O2/c1-23(2)11(25)24-8(13(18,19)20)4-9(22-24)26-10-7(14)3-6(5-21-10)12(15,16)17/h3-5H,1-2H3. The molecule has 0 fully saturated rings. The lowest BCUT2D eigenvalue weighted by molar-refractivity contribution is -0.143. The Bertz CT molecular complexity index is 831. The van der Waals surface area contributed by atoms with Gasteiger partial charge in [-0.25, -0.2) is 9.78 Å². The van der Waals surface area contributed by atoms with Gasteiger partial charge in [-0.2, -0.15) is 31.0 Å². The second-order valence-corrected chi connectivity index (χ2v) is 5.47. The summed E-state index contributed by atoms with van der Waals surface area (Å²) in [6.45, 7) is 0. The third-order valence-electron chi connectivity index (χ3n) is 2.88. The Morgan fingerprint density at radius 2 is 1.77 bits per heavy atom. The average molecular weight is 403 g/mol. The van der Waals surface area contributed by atoms with E-state index in [0.29, 0.717) is 18.3 Å². The van der Waals surface area contributed by atoms with Gasteiger partial charge in [0.15, 0.2) is 5.69 Å². The van der Waals surface area contributed by atoms with Gasteiger partial charge in [0.1, 0.15) is 5.02 Å². The Balaban J connectivity index is 2.40. The normalized spacial score (nSPS) is 12.2. The molecule has 0 bridgehead atoms. The molecule has 0 saturated carbocycles. The van der Waals surface area contributed by atoms with Gasteiger partial charge in [0.25, 0.3) is 0 Å². The zero-order valence-corrected chi connectivity index (χ0v) is 13.7. The fourth-order valence-corrected chi connectivity index (χ4v) is 1.91. The maximum absolute atomic E-state index is 13.0. The molecule has 1 amide bonds. The van der Waals surface area contributed by atoms with Crippen molar-refractivity contribution in [3.8, 4) is 11.8 Å². The highest BCUT2D eigenvalue weighted by Gasteiger charge is 2.39. The van der Waals surface area contributed by atoms with E-state index in [0.717, 1.165) is 4.90 Å². The number of pyridine rings is 1. The molecule has 0 aromatic carbocycles. The van der Waals surface area contributed by atoms with Crippen molar-refractivity contribution in [2.45, 2.75) is 12.4 Å². The second kappa shape index (κ2) is 6.67. The smallest absolute Gasteiger partial charge is 0.417 e. The molecule has 2 heterocycles. The number of alkyl halides is 6. The molecule has 0 atom stereocenters. The lowest BCUT2D eigenvalue weighted by Crippen LogP contribution is -2.31.